The van der Waals surface area contributed by atoms with E-state index in [9.17, 15) is 8.42 Å². The first-order valence-corrected chi connectivity index (χ1v) is 7.98. The molecule has 2 N–H and O–H groups in total. The SMILES string of the molecule is COc1ccccc1S(=O)(=O)C1CCC(C)(C)C1N. The molecule has 0 bridgehead atoms. The van der Waals surface area contributed by atoms with Crippen LogP contribution in [-0.2, 0) is 9.84 Å². The molecule has 0 saturated heterocycles. The van der Waals surface area contributed by atoms with E-state index in [4.69, 9.17) is 10.5 Å². The third-order valence-corrected chi connectivity index (χ3v) is 6.43. The van der Waals surface area contributed by atoms with Crippen LogP contribution < -0.4 is 10.5 Å². The summed E-state index contributed by atoms with van der Waals surface area (Å²) in [6.45, 7) is 4.05. The Morgan fingerprint density at radius 3 is 2.47 bits per heavy atom. The van der Waals surface area contributed by atoms with E-state index in [-0.39, 0.29) is 16.4 Å². The number of methoxy groups -OCH3 is 1. The van der Waals surface area contributed by atoms with Gasteiger partial charge < -0.3 is 10.5 Å². The molecule has 106 valence electrons. The number of hydrogen-bond acceptors (Lipinski definition) is 4. The quantitative estimate of drug-likeness (QED) is 0.921. The number of ether oxygens (including phenoxy) is 1. The first-order valence-electron chi connectivity index (χ1n) is 6.43. The molecule has 1 aliphatic rings. The fourth-order valence-electron chi connectivity index (χ4n) is 2.73. The predicted octanol–water partition coefficient (Wildman–Crippen LogP) is 1.98. The average Bonchev–Trinajstić information content (AvgIpc) is 2.65. The van der Waals surface area contributed by atoms with Crippen LogP contribution in [0.4, 0.5) is 0 Å². The Labute approximate surface area is 114 Å². The van der Waals surface area contributed by atoms with Crippen molar-refractivity contribution >= 4 is 9.84 Å². The van der Waals surface area contributed by atoms with Crippen molar-refractivity contribution in [2.75, 3.05) is 7.11 Å². The monoisotopic (exact) mass is 283 g/mol. The van der Waals surface area contributed by atoms with Gasteiger partial charge in [-0.05, 0) is 30.4 Å². The van der Waals surface area contributed by atoms with Gasteiger partial charge in [0, 0.05) is 6.04 Å². The standard InChI is InChI=1S/C14H21NO3S/c1-14(2)9-8-12(13(14)15)19(16,17)11-7-5-4-6-10(11)18-3/h4-7,12-13H,8-9,15H2,1-3H3. The van der Waals surface area contributed by atoms with Crippen molar-refractivity contribution in [3.05, 3.63) is 24.3 Å². The summed E-state index contributed by atoms with van der Waals surface area (Å²) in [4.78, 5) is 0.246. The lowest BCUT2D eigenvalue weighted by Gasteiger charge is -2.27. The zero-order valence-electron chi connectivity index (χ0n) is 11.6. The Hall–Kier alpha value is -1.07. The minimum atomic E-state index is -3.45. The van der Waals surface area contributed by atoms with Crippen molar-refractivity contribution in [1.82, 2.24) is 0 Å². The van der Waals surface area contributed by atoms with Gasteiger partial charge >= 0.3 is 0 Å². The highest BCUT2D eigenvalue weighted by molar-refractivity contribution is 7.92. The van der Waals surface area contributed by atoms with E-state index in [1.54, 1.807) is 24.3 Å². The zero-order valence-corrected chi connectivity index (χ0v) is 12.4. The van der Waals surface area contributed by atoms with Crippen molar-refractivity contribution in [2.45, 2.75) is 42.9 Å². The molecule has 4 nitrogen and oxygen atoms in total. The normalized spacial score (nSPS) is 26.3. The van der Waals surface area contributed by atoms with E-state index in [1.165, 1.54) is 7.11 Å². The van der Waals surface area contributed by atoms with Gasteiger partial charge in [0.1, 0.15) is 10.6 Å². The number of para-hydroxylation sites is 1. The molecule has 0 aromatic heterocycles. The minimum Gasteiger partial charge on any atom is -0.495 e. The second kappa shape index (κ2) is 4.80. The molecule has 1 fully saturated rings. The molecule has 1 saturated carbocycles. The molecule has 2 unspecified atom stereocenters. The molecule has 5 heteroatoms. The first kappa shape index (κ1) is 14.3. The summed E-state index contributed by atoms with van der Waals surface area (Å²) in [6.07, 6.45) is 1.43. The molecule has 0 heterocycles. The molecule has 0 radical (unpaired) electrons. The van der Waals surface area contributed by atoms with Gasteiger partial charge in [0.15, 0.2) is 9.84 Å². The molecule has 19 heavy (non-hydrogen) atoms. The molecular formula is C14H21NO3S. The number of hydrogen-bond donors (Lipinski definition) is 1. The summed E-state index contributed by atoms with van der Waals surface area (Å²) >= 11 is 0. The van der Waals surface area contributed by atoms with E-state index in [0.29, 0.717) is 12.2 Å². The lowest BCUT2D eigenvalue weighted by molar-refractivity contribution is 0.332. The van der Waals surface area contributed by atoms with Crippen molar-refractivity contribution in [2.24, 2.45) is 11.1 Å². The Kier molecular flexibility index (Phi) is 3.62. The summed E-state index contributed by atoms with van der Waals surface area (Å²) in [5.41, 5.74) is 6.01. The topological polar surface area (TPSA) is 69.4 Å². The molecule has 0 aliphatic heterocycles. The first-order chi connectivity index (χ1) is 8.80. The molecule has 2 rings (SSSR count). The summed E-state index contributed by atoms with van der Waals surface area (Å²) in [7, 11) is -1.97. The number of sulfone groups is 1. The second-order valence-electron chi connectivity index (χ2n) is 5.79. The third kappa shape index (κ3) is 2.37. The molecule has 1 aromatic rings. The Morgan fingerprint density at radius 1 is 1.32 bits per heavy atom. The van der Waals surface area contributed by atoms with Crippen LogP contribution in [0, 0.1) is 5.41 Å². The van der Waals surface area contributed by atoms with Gasteiger partial charge in [-0.15, -0.1) is 0 Å². The van der Waals surface area contributed by atoms with Crippen molar-refractivity contribution in [1.29, 1.82) is 0 Å². The fraction of sp³-hybridized carbons (Fsp3) is 0.571. The molecule has 1 aliphatic carbocycles. The van der Waals surface area contributed by atoms with Gasteiger partial charge in [-0.2, -0.15) is 0 Å². The Bertz CT molecular complexity index is 566. The maximum absolute atomic E-state index is 12.8. The lowest BCUT2D eigenvalue weighted by atomic mass is 9.88. The van der Waals surface area contributed by atoms with Gasteiger partial charge in [0.05, 0.1) is 12.4 Å². The van der Waals surface area contributed by atoms with Crippen molar-refractivity contribution in [3.63, 3.8) is 0 Å². The van der Waals surface area contributed by atoms with Gasteiger partial charge in [0.25, 0.3) is 0 Å². The van der Waals surface area contributed by atoms with Crippen LogP contribution in [0.1, 0.15) is 26.7 Å². The van der Waals surface area contributed by atoms with Crippen molar-refractivity contribution < 1.29 is 13.2 Å². The van der Waals surface area contributed by atoms with Gasteiger partial charge in [-0.3, -0.25) is 0 Å². The van der Waals surface area contributed by atoms with E-state index >= 15 is 0 Å². The van der Waals surface area contributed by atoms with Crippen LogP contribution in [0.5, 0.6) is 5.75 Å². The molecule has 0 spiro atoms. The van der Waals surface area contributed by atoms with E-state index in [2.05, 4.69) is 0 Å². The van der Waals surface area contributed by atoms with Crippen molar-refractivity contribution in [3.8, 4) is 5.75 Å². The van der Waals surface area contributed by atoms with Gasteiger partial charge in [-0.25, -0.2) is 8.42 Å². The Balaban J connectivity index is 2.44. The highest BCUT2D eigenvalue weighted by atomic mass is 32.2. The number of nitrogens with two attached hydrogens (primary N) is 1. The van der Waals surface area contributed by atoms with Crippen LogP contribution in [-0.4, -0.2) is 26.8 Å². The largest absolute Gasteiger partial charge is 0.495 e. The average molecular weight is 283 g/mol. The second-order valence-corrected chi connectivity index (χ2v) is 7.92. The Morgan fingerprint density at radius 2 is 1.95 bits per heavy atom. The lowest BCUT2D eigenvalue weighted by Crippen LogP contribution is -2.43. The molecule has 1 aromatic carbocycles. The zero-order chi connectivity index (χ0) is 14.3. The molecule has 2 atom stereocenters. The van der Waals surface area contributed by atoms with Gasteiger partial charge in [0.2, 0.25) is 0 Å². The number of rotatable bonds is 3. The van der Waals surface area contributed by atoms with E-state index in [1.807, 2.05) is 13.8 Å². The third-order valence-electron chi connectivity index (χ3n) is 4.15. The smallest absolute Gasteiger partial charge is 0.186 e. The van der Waals surface area contributed by atoms with E-state index in [0.717, 1.165) is 6.42 Å². The maximum Gasteiger partial charge on any atom is 0.186 e. The van der Waals surface area contributed by atoms with Gasteiger partial charge in [-0.1, -0.05) is 26.0 Å². The summed E-state index contributed by atoms with van der Waals surface area (Å²) in [6, 6.07) is 6.38. The van der Waals surface area contributed by atoms with Crippen LogP contribution in [0.25, 0.3) is 0 Å². The summed E-state index contributed by atoms with van der Waals surface area (Å²) < 4.78 is 30.7. The van der Waals surface area contributed by atoms with E-state index < -0.39 is 15.1 Å². The minimum absolute atomic E-state index is 0.139. The van der Waals surface area contributed by atoms with Crippen LogP contribution >= 0.6 is 0 Å². The highest BCUT2D eigenvalue weighted by Gasteiger charge is 2.46. The summed E-state index contributed by atoms with van der Waals surface area (Å²) in [5, 5.41) is -0.529. The van der Waals surface area contributed by atoms with Crippen LogP contribution in [0.15, 0.2) is 29.2 Å². The predicted molar refractivity (Wildman–Crippen MR) is 75.0 cm³/mol. The number of benzene rings is 1. The fourth-order valence-corrected chi connectivity index (χ4v) is 4.94. The van der Waals surface area contributed by atoms with Crippen LogP contribution in [0.3, 0.4) is 0 Å². The highest BCUT2D eigenvalue weighted by Crippen LogP contribution is 2.42. The molecule has 0 amide bonds. The molecular weight excluding hydrogens is 262 g/mol. The maximum atomic E-state index is 12.8. The van der Waals surface area contributed by atoms with Crippen LogP contribution in [0.2, 0.25) is 0 Å². The summed E-state index contributed by atoms with van der Waals surface area (Å²) in [5.74, 6) is 0.388.